The van der Waals surface area contributed by atoms with Crippen molar-refractivity contribution in [3.05, 3.63) is 45.3 Å². The van der Waals surface area contributed by atoms with Crippen LogP contribution >= 0.6 is 22.6 Å². The summed E-state index contributed by atoms with van der Waals surface area (Å²) >= 11 is 2.16. The zero-order chi connectivity index (χ0) is 13.1. The van der Waals surface area contributed by atoms with Gasteiger partial charge in [0, 0.05) is 16.0 Å². The van der Waals surface area contributed by atoms with E-state index in [-0.39, 0.29) is 0 Å². The summed E-state index contributed by atoms with van der Waals surface area (Å²) in [6.45, 7) is 6.47. The van der Waals surface area contributed by atoms with Gasteiger partial charge in [0.15, 0.2) is 0 Å². The van der Waals surface area contributed by atoms with E-state index in [0.29, 0.717) is 11.9 Å². The molecule has 2 rings (SSSR count). The predicted octanol–water partition coefficient (Wildman–Crippen LogP) is 4.31. The third kappa shape index (κ3) is 3.19. The summed E-state index contributed by atoms with van der Waals surface area (Å²) in [6, 6.07) is 6.47. The van der Waals surface area contributed by atoms with Crippen molar-refractivity contribution < 1.29 is 4.74 Å². The summed E-state index contributed by atoms with van der Waals surface area (Å²) in [5.74, 6) is 1.30. The first-order valence-electron chi connectivity index (χ1n) is 5.82. The lowest BCUT2D eigenvalue weighted by molar-refractivity contribution is 0.440. The number of aryl methyl sites for hydroxylation is 1. The first-order valence-corrected chi connectivity index (χ1v) is 6.90. The van der Waals surface area contributed by atoms with Crippen molar-refractivity contribution in [3.63, 3.8) is 0 Å². The topological polar surface area (TPSA) is 35.0 Å². The molecule has 2 aromatic rings. The molecule has 0 aliphatic rings. The fourth-order valence-corrected chi connectivity index (χ4v) is 2.10. The van der Waals surface area contributed by atoms with Gasteiger partial charge in [0.25, 0.3) is 0 Å². The zero-order valence-electron chi connectivity index (χ0n) is 10.6. The van der Waals surface area contributed by atoms with Crippen LogP contribution in [0.2, 0.25) is 0 Å². The molecule has 0 saturated carbocycles. The lowest BCUT2D eigenvalue weighted by Gasteiger charge is -2.11. The number of halogens is 1. The second-order valence-corrected chi connectivity index (χ2v) is 5.70. The molecular weight excluding hydrogens is 339 g/mol. The molecule has 0 bridgehead atoms. The molecular formula is C14H15IN2O. The molecule has 0 amide bonds. The number of ether oxygens (including phenoxy) is 1. The maximum absolute atomic E-state index is 5.62. The van der Waals surface area contributed by atoms with Gasteiger partial charge >= 0.3 is 6.01 Å². The molecule has 94 valence electrons. The fourth-order valence-electron chi connectivity index (χ4n) is 1.82. The summed E-state index contributed by atoms with van der Waals surface area (Å²) in [4.78, 5) is 8.24. The zero-order valence-corrected chi connectivity index (χ0v) is 12.8. The maximum atomic E-state index is 5.62. The molecule has 0 N–H and O–H groups in total. The van der Waals surface area contributed by atoms with E-state index >= 15 is 0 Å². The number of hydrogen-bond donors (Lipinski definition) is 0. The highest BCUT2D eigenvalue weighted by molar-refractivity contribution is 14.1. The van der Waals surface area contributed by atoms with Crippen molar-refractivity contribution in [2.75, 3.05) is 0 Å². The molecule has 0 spiro atoms. The largest absolute Gasteiger partial charge is 0.424 e. The average Bonchev–Trinajstić information content (AvgIpc) is 2.32. The van der Waals surface area contributed by atoms with E-state index in [9.17, 15) is 0 Å². The Balaban J connectivity index is 2.20. The third-order valence-electron chi connectivity index (χ3n) is 2.67. The SMILES string of the molecule is Cc1cc(Oc2ncc(I)cn2)ccc1C(C)C. The Kier molecular flexibility index (Phi) is 4.16. The summed E-state index contributed by atoms with van der Waals surface area (Å²) in [5, 5.41) is 0. The number of hydrogen-bond acceptors (Lipinski definition) is 3. The van der Waals surface area contributed by atoms with Gasteiger partial charge in [-0.25, -0.2) is 9.97 Å². The van der Waals surface area contributed by atoms with E-state index in [4.69, 9.17) is 4.74 Å². The Morgan fingerprint density at radius 2 is 1.83 bits per heavy atom. The summed E-state index contributed by atoms with van der Waals surface area (Å²) in [6.07, 6.45) is 3.47. The first kappa shape index (κ1) is 13.3. The van der Waals surface area contributed by atoms with Crippen molar-refractivity contribution in [2.45, 2.75) is 26.7 Å². The van der Waals surface area contributed by atoms with Crippen molar-refractivity contribution in [1.29, 1.82) is 0 Å². The molecule has 0 saturated heterocycles. The van der Waals surface area contributed by atoms with Crippen molar-refractivity contribution in [3.8, 4) is 11.8 Å². The van der Waals surface area contributed by atoms with Crippen LogP contribution in [0, 0.1) is 10.5 Å². The van der Waals surface area contributed by atoms with Gasteiger partial charge in [-0.2, -0.15) is 0 Å². The second kappa shape index (κ2) is 5.65. The number of rotatable bonds is 3. The van der Waals surface area contributed by atoms with Gasteiger partial charge in [-0.15, -0.1) is 0 Å². The number of aromatic nitrogens is 2. The minimum Gasteiger partial charge on any atom is -0.424 e. The van der Waals surface area contributed by atoms with Crippen LogP contribution in [-0.4, -0.2) is 9.97 Å². The lowest BCUT2D eigenvalue weighted by atomic mass is 9.98. The molecule has 1 aromatic heterocycles. The van der Waals surface area contributed by atoms with Crippen LogP contribution in [0.25, 0.3) is 0 Å². The van der Waals surface area contributed by atoms with Crippen LogP contribution < -0.4 is 4.74 Å². The van der Waals surface area contributed by atoms with Gasteiger partial charge in [-0.05, 0) is 58.7 Å². The monoisotopic (exact) mass is 354 g/mol. The number of nitrogens with zero attached hydrogens (tertiary/aromatic N) is 2. The standard InChI is InChI=1S/C14H15IN2O/c1-9(2)13-5-4-12(6-10(13)3)18-14-16-7-11(15)8-17-14/h4-9H,1-3H3. The van der Waals surface area contributed by atoms with Gasteiger partial charge in [-0.1, -0.05) is 19.9 Å². The van der Waals surface area contributed by atoms with E-state index in [1.807, 2.05) is 12.1 Å². The predicted molar refractivity (Wildman–Crippen MR) is 80.1 cm³/mol. The van der Waals surface area contributed by atoms with Crippen LogP contribution in [0.15, 0.2) is 30.6 Å². The molecule has 0 aliphatic carbocycles. The molecule has 1 aromatic carbocycles. The van der Waals surface area contributed by atoms with Crippen LogP contribution in [0.1, 0.15) is 30.9 Å². The van der Waals surface area contributed by atoms with E-state index in [1.54, 1.807) is 12.4 Å². The quantitative estimate of drug-likeness (QED) is 0.771. The van der Waals surface area contributed by atoms with E-state index in [1.165, 1.54) is 11.1 Å². The summed E-state index contributed by atoms with van der Waals surface area (Å²) in [7, 11) is 0. The van der Waals surface area contributed by atoms with Crippen molar-refractivity contribution in [2.24, 2.45) is 0 Å². The third-order valence-corrected chi connectivity index (χ3v) is 3.23. The Bertz CT molecular complexity index is 538. The first-order chi connectivity index (χ1) is 8.56. The highest BCUT2D eigenvalue weighted by Crippen LogP contribution is 2.25. The maximum Gasteiger partial charge on any atom is 0.321 e. The van der Waals surface area contributed by atoms with Gasteiger partial charge in [0.1, 0.15) is 5.75 Å². The van der Waals surface area contributed by atoms with Gasteiger partial charge in [0.2, 0.25) is 0 Å². The van der Waals surface area contributed by atoms with Crippen LogP contribution in [0.4, 0.5) is 0 Å². The molecule has 0 atom stereocenters. The van der Waals surface area contributed by atoms with Gasteiger partial charge < -0.3 is 4.74 Å². The number of benzene rings is 1. The fraction of sp³-hybridized carbons (Fsp3) is 0.286. The summed E-state index contributed by atoms with van der Waals surface area (Å²) < 4.78 is 6.62. The van der Waals surface area contributed by atoms with Crippen LogP contribution in [0.5, 0.6) is 11.8 Å². The van der Waals surface area contributed by atoms with Gasteiger partial charge in [-0.3, -0.25) is 0 Å². The van der Waals surface area contributed by atoms with E-state index < -0.39 is 0 Å². The molecule has 0 unspecified atom stereocenters. The smallest absolute Gasteiger partial charge is 0.321 e. The van der Waals surface area contributed by atoms with Crippen molar-refractivity contribution >= 4 is 22.6 Å². The average molecular weight is 354 g/mol. The Labute approximate surface area is 121 Å². The molecule has 3 nitrogen and oxygen atoms in total. The highest BCUT2D eigenvalue weighted by Gasteiger charge is 2.06. The van der Waals surface area contributed by atoms with Crippen molar-refractivity contribution in [1.82, 2.24) is 9.97 Å². The summed E-state index contributed by atoms with van der Waals surface area (Å²) in [5.41, 5.74) is 2.57. The molecule has 0 aliphatic heterocycles. The van der Waals surface area contributed by atoms with Gasteiger partial charge in [0.05, 0.1) is 0 Å². The Morgan fingerprint density at radius 1 is 1.17 bits per heavy atom. The molecule has 0 radical (unpaired) electrons. The van der Waals surface area contributed by atoms with E-state index in [0.717, 1.165) is 9.32 Å². The van der Waals surface area contributed by atoms with Crippen LogP contribution in [-0.2, 0) is 0 Å². The molecule has 1 heterocycles. The second-order valence-electron chi connectivity index (χ2n) is 4.46. The lowest BCUT2D eigenvalue weighted by Crippen LogP contribution is -1.95. The molecule has 0 fully saturated rings. The van der Waals surface area contributed by atoms with Crippen LogP contribution in [0.3, 0.4) is 0 Å². The Morgan fingerprint density at radius 3 is 2.39 bits per heavy atom. The minimum atomic E-state index is 0.382. The minimum absolute atomic E-state index is 0.382. The molecule has 4 heteroatoms. The Hall–Kier alpha value is -1.17. The molecule has 18 heavy (non-hydrogen) atoms. The highest BCUT2D eigenvalue weighted by atomic mass is 127. The van der Waals surface area contributed by atoms with E-state index in [2.05, 4.69) is 59.4 Å². The normalized spacial score (nSPS) is 10.7.